The monoisotopic (exact) mass is 658 g/mol. The topological polar surface area (TPSA) is 147 Å². The predicted molar refractivity (Wildman–Crippen MR) is 108 cm³/mol. The summed E-state index contributed by atoms with van der Waals surface area (Å²) in [6, 6.07) is 0. The standard InChI is InChI=1S/C11H13I3N2O5.Na.H/c1-3(2-17)10(9(16)20)7(13)6(18)5(12)4(8(15)19)11(10,14)21;;/h3,17-18,21H,2H2,1H3,(H2,15,19)(H2,16,20);;. The molecule has 0 saturated heterocycles. The zero-order valence-electron chi connectivity index (χ0n) is 10.7. The number of hydrogen-bond acceptors (Lipinski definition) is 5. The Kier molecular flexibility index (Phi) is 8.63. The molecule has 1 aliphatic rings. The number of aliphatic hydroxyl groups excluding tert-OH is 2. The van der Waals surface area contributed by atoms with Crippen molar-refractivity contribution in [1.82, 2.24) is 0 Å². The zero-order valence-corrected chi connectivity index (χ0v) is 17.2. The van der Waals surface area contributed by atoms with Crippen LogP contribution in [0.1, 0.15) is 6.92 Å². The number of aliphatic hydroxyl groups is 3. The molecule has 1 aliphatic carbocycles. The van der Waals surface area contributed by atoms with E-state index < -0.39 is 33.4 Å². The van der Waals surface area contributed by atoms with Crippen LogP contribution in [0, 0.1) is 11.3 Å². The number of carbonyl (C=O) groups is 2. The summed E-state index contributed by atoms with van der Waals surface area (Å²) in [4.78, 5) is 23.8. The van der Waals surface area contributed by atoms with E-state index in [0.29, 0.717) is 0 Å². The van der Waals surface area contributed by atoms with Crippen LogP contribution in [0.5, 0.6) is 0 Å². The first-order valence-corrected chi connectivity index (χ1v) is 8.83. The summed E-state index contributed by atoms with van der Waals surface area (Å²) in [5, 5.41) is 30.6. The van der Waals surface area contributed by atoms with Gasteiger partial charge in [-0.3, -0.25) is 9.59 Å². The molecule has 0 bridgehead atoms. The Morgan fingerprint density at radius 1 is 1.32 bits per heavy atom. The third-order valence-electron chi connectivity index (χ3n) is 3.48. The van der Waals surface area contributed by atoms with Crippen LogP contribution in [0.2, 0.25) is 0 Å². The van der Waals surface area contributed by atoms with E-state index in [1.54, 1.807) is 45.2 Å². The number of rotatable bonds is 4. The van der Waals surface area contributed by atoms with Crippen molar-refractivity contribution in [3.8, 4) is 0 Å². The Balaban J connectivity index is 0.00000441. The minimum absolute atomic E-state index is 0. The number of amides is 2. The average molecular weight is 658 g/mol. The van der Waals surface area contributed by atoms with Gasteiger partial charge >= 0.3 is 29.6 Å². The fraction of sp³-hybridized carbons (Fsp3) is 0.455. The fourth-order valence-corrected chi connectivity index (χ4v) is 7.89. The second-order valence-corrected chi connectivity index (χ2v) is 8.31. The molecule has 120 valence electrons. The summed E-state index contributed by atoms with van der Waals surface area (Å²) in [7, 11) is 0. The van der Waals surface area contributed by atoms with Crippen LogP contribution < -0.4 is 11.5 Å². The van der Waals surface area contributed by atoms with E-state index in [4.69, 9.17) is 11.5 Å². The van der Waals surface area contributed by atoms with E-state index in [-0.39, 0.29) is 48.0 Å². The number of hydrogen-bond donors (Lipinski definition) is 5. The summed E-state index contributed by atoms with van der Waals surface area (Å²) >= 11 is 4.86. The molecule has 0 fully saturated rings. The summed E-state index contributed by atoms with van der Waals surface area (Å²) < 4.78 is -1.99. The SMILES string of the molecule is CC(CO)C1(C(N)=O)C(I)=C(O)C(I)=C(C(N)=O)C1(O)I.[NaH]. The van der Waals surface area contributed by atoms with Gasteiger partial charge in [0, 0.05) is 12.5 Å². The van der Waals surface area contributed by atoms with Gasteiger partial charge in [0.05, 0.1) is 12.7 Å². The third-order valence-corrected chi connectivity index (χ3v) is 7.29. The molecule has 0 aliphatic heterocycles. The Morgan fingerprint density at radius 2 is 1.77 bits per heavy atom. The number of nitrogens with two attached hydrogens (primary N) is 2. The molecule has 0 saturated carbocycles. The van der Waals surface area contributed by atoms with Gasteiger partial charge < -0.3 is 26.8 Å². The van der Waals surface area contributed by atoms with Crippen molar-refractivity contribution in [2.45, 2.75) is 10.5 Å². The van der Waals surface area contributed by atoms with Gasteiger partial charge in [0.2, 0.25) is 11.8 Å². The van der Waals surface area contributed by atoms with E-state index in [1.807, 2.05) is 0 Å². The molecule has 3 unspecified atom stereocenters. The summed E-state index contributed by atoms with van der Waals surface area (Å²) in [6.07, 6.45) is 0. The second kappa shape index (κ2) is 8.14. The van der Waals surface area contributed by atoms with Crippen molar-refractivity contribution in [3.63, 3.8) is 0 Å². The quantitative estimate of drug-likeness (QED) is 0.164. The van der Waals surface area contributed by atoms with Crippen LogP contribution in [0.3, 0.4) is 0 Å². The molecule has 0 heterocycles. The van der Waals surface area contributed by atoms with E-state index in [0.717, 1.165) is 0 Å². The van der Waals surface area contributed by atoms with Crippen LogP contribution >= 0.6 is 67.8 Å². The first kappa shape index (κ1) is 23.3. The van der Waals surface area contributed by atoms with Crippen LogP contribution in [0.4, 0.5) is 0 Å². The summed E-state index contributed by atoms with van der Waals surface area (Å²) in [5.74, 6) is -3.17. The van der Waals surface area contributed by atoms with Crippen molar-refractivity contribution in [2.24, 2.45) is 22.8 Å². The van der Waals surface area contributed by atoms with Gasteiger partial charge in [-0.1, -0.05) is 6.92 Å². The Hall–Kier alpha value is 1.33. The fourth-order valence-electron chi connectivity index (χ4n) is 2.36. The van der Waals surface area contributed by atoms with Crippen molar-refractivity contribution >= 4 is 109 Å². The second-order valence-electron chi connectivity index (χ2n) is 4.59. The van der Waals surface area contributed by atoms with Gasteiger partial charge in [0.15, 0.2) is 3.61 Å². The first-order chi connectivity index (χ1) is 9.47. The molecule has 11 heteroatoms. The molecule has 1 rings (SSSR count). The van der Waals surface area contributed by atoms with E-state index >= 15 is 0 Å². The maximum atomic E-state index is 12.1. The molecule has 7 N–H and O–H groups in total. The zero-order chi connectivity index (χ0) is 16.7. The maximum absolute atomic E-state index is 12.1. The van der Waals surface area contributed by atoms with Gasteiger partial charge in [0.25, 0.3) is 0 Å². The molecule has 22 heavy (non-hydrogen) atoms. The molecular weight excluding hydrogens is 644 g/mol. The summed E-state index contributed by atoms with van der Waals surface area (Å²) in [5.41, 5.74) is 8.57. The van der Waals surface area contributed by atoms with Gasteiger partial charge in [-0.2, -0.15) is 0 Å². The van der Waals surface area contributed by atoms with Gasteiger partial charge in [-0.05, 0) is 67.8 Å². The molecule has 0 spiro atoms. The molecular formula is C11H14I3N2NaO5. The third kappa shape index (κ3) is 3.22. The summed E-state index contributed by atoms with van der Waals surface area (Å²) in [6.45, 7) is 0.994. The molecule has 0 aromatic rings. The molecule has 7 nitrogen and oxygen atoms in total. The number of halogens is 3. The van der Waals surface area contributed by atoms with Crippen LogP contribution in [0.25, 0.3) is 0 Å². The number of primary amides is 2. The average Bonchev–Trinajstić information content (AvgIpc) is 2.34. The van der Waals surface area contributed by atoms with E-state index in [2.05, 4.69) is 0 Å². The normalized spacial score (nSPS) is 29.9. The number of alkyl halides is 1. The minimum atomic E-state index is -2.09. The van der Waals surface area contributed by atoms with Gasteiger partial charge in [0.1, 0.15) is 11.2 Å². The van der Waals surface area contributed by atoms with Crippen LogP contribution in [-0.4, -0.2) is 66.9 Å². The van der Waals surface area contributed by atoms with E-state index in [9.17, 15) is 24.9 Å². The molecule has 3 atom stereocenters. The van der Waals surface area contributed by atoms with Crippen molar-refractivity contribution < 1.29 is 24.9 Å². The first-order valence-electron chi connectivity index (χ1n) is 5.59. The van der Waals surface area contributed by atoms with E-state index in [1.165, 1.54) is 29.5 Å². The van der Waals surface area contributed by atoms with Crippen molar-refractivity contribution in [2.75, 3.05) is 6.61 Å². The van der Waals surface area contributed by atoms with Crippen molar-refractivity contribution in [3.05, 3.63) is 18.5 Å². The molecule has 0 radical (unpaired) electrons. The Bertz CT molecular complexity index is 578. The Morgan fingerprint density at radius 3 is 2.09 bits per heavy atom. The van der Waals surface area contributed by atoms with Gasteiger partial charge in [-0.15, -0.1) is 0 Å². The van der Waals surface area contributed by atoms with Crippen molar-refractivity contribution in [1.29, 1.82) is 0 Å². The number of allylic oxidation sites excluding steroid dienone is 1. The number of carbonyl (C=O) groups excluding carboxylic acids is 2. The predicted octanol–water partition coefficient (Wildman–Crippen LogP) is -0.0458. The Labute approximate surface area is 190 Å². The molecule has 0 aromatic carbocycles. The molecule has 0 aromatic heterocycles. The van der Waals surface area contributed by atoms with Gasteiger partial charge in [-0.25, -0.2) is 0 Å². The van der Waals surface area contributed by atoms with Crippen LogP contribution in [-0.2, 0) is 9.59 Å². The molecule has 2 amide bonds. The van der Waals surface area contributed by atoms with Crippen LogP contribution in [0.15, 0.2) is 18.5 Å².